The molecular formula is C18H14N2O3. The maximum Gasteiger partial charge on any atom is 0.230 e. The van der Waals surface area contributed by atoms with E-state index in [1.54, 1.807) is 4.68 Å². The maximum atomic E-state index is 5.98. The smallest absolute Gasteiger partial charge is 0.230 e. The normalized spacial score (nSPS) is 14.3. The Morgan fingerprint density at radius 3 is 2.74 bits per heavy atom. The first-order chi connectivity index (χ1) is 11.4. The first-order valence-corrected chi connectivity index (χ1v) is 7.65. The number of furan rings is 1. The molecule has 0 bridgehead atoms. The van der Waals surface area contributed by atoms with Gasteiger partial charge in [-0.25, -0.2) is 4.68 Å². The van der Waals surface area contributed by atoms with E-state index < -0.39 is 0 Å². The molecular weight excluding hydrogens is 292 g/mol. The fourth-order valence-corrected chi connectivity index (χ4v) is 2.97. The van der Waals surface area contributed by atoms with Crippen molar-refractivity contribution in [3.8, 4) is 17.2 Å². The van der Waals surface area contributed by atoms with Crippen LogP contribution in [-0.2, 0) is 0 Å². The lowest BCUT2D eigenvalue weighted by atomic mass is 10.2. The quantitative estimate of drug-likeness (QED) is 0.534. The van der Waals surface area contributed by atoms with E-state index in [0.29, 0.717) is 13.2 Å². The molecule has 114 valence electrons. The summed E-state index contributed by atoms with van der Waals surface area (Å²) >= 11 is 0. The number of fused-ring (bicyclic) bond motifs is 4. The number of aromatic nitrogens is 2. The topological polar surface area (TPSA) is 49.4 Å². The van der Waals surface area contributed by atoms with Crippen molar-refractivity contribution in [2.24, 2.45) is 0 Å². The van der Waals surface area contributed by atoms with Crippen molar-refractivity contribution in [3.05, 3.63) is 48.7 Å². The zero-order valence-corrected chi connectivity index (χ0v) is 12.4. The molecule has 0 fully saturated rings. The largest absolute Gasteiger partial charge is 0.490 e. The summed E-state index contributed by atoms with van der Waals surface area (Å²) in [5.74, 6) is 1.53. The monoisotopic (exact) mass is 306 g/mol. The summed E-state index contributed by atoms with van der Waals surface area (Å²) in [5.41, 5.74) is 2.49. The highest BCUT2D eigenvalue weighted by Crippen LogP contribution is 2.34. The summed E-state index contributed by atoms with van der Waals surface area (Å²) in [6.07, 6.45) is 2.73. The Morgan fingerprint density at radius 2 is 1.78 bits per heavy atom. The molecule has 4 aromatic rings. The molecule has 0 unspecified atom stereocenters. The third-order valence-corrected chi connectivity index (χ3v) is 4.08. The third-order valence-electron chi connectivity index (χ3n) is 4.08. The molecule has 0 spiro atoms. The summed E-state index contributed by atoms with van der Waals surface area (Å²) < 4.78 is 19.2. The van der Waals surface area contributed by atoms with Gasteiger partial charge in [0.1, 0.15) is 5.58 Å². The molecule has 0 saturated carbocycles. The van der Waals surface area contributed by atoms with Gasteiger partial charge in [-0.05, 0) is 18.2 Å². The maximum absolute atomic E-state index is 5.98. The minimum absolute atomic E-state index is 0.662. The van der Waals surface area contributed by atoms with Gasteiger partial charge >= 0.3 is 0 Å². The summed E-state index contributed by atoms with van der Waals surface area (Å²) in [5, 5.41) is 6.55. The highest BCUT2D eigenvalue weighted by atomic mass is 16.5. The van der Waals surface area contributed by atoms with Crippen LogP contribution in [0, 0.1) is 0 Å². The number of benzene rings is 2. The van der Waals surface area contributed by atoms with E-state index in [1.165, 1.54) is 0 Å². The molecule has 1 aliphatic heterocycles. The molecule has 5 heteroatoms. The van der Waals surface area contributed by atoms with Crippen LogP contribution in [0.3, 0.4) is 0 Å². The summed E-state index contributed by atoms with van der Waals surface area (Å²) in [4.78, 5) is 0. The highest BCUT2D eigenvalue weighted by molar-refractivity contribution is 6.03. The Hall–Kier alpha value is -2.95. The molecule has 2 aromatic carbocycles. The van der Waals surface area contributed by atoms with Gasteiger partial charge in [0, 0.05) is 17.9 Å². The van der Waals surface area contributed by atoms with Crippen LogP contribution in [0.4, 0.5) is 0 Å². The van der Waals surface area contributed by atoms with Gasteiger partial charge in [0.05, 0.1) is 30.5 Å². The lowest BCUT2D eigenvalue weighted by Gasteiger charge is -2.09. The molecule has 0 radical (unpaired) electrons. The van der Waals surface area contributed by atoms with Crippen LogP contribution in [0.2, 0.25) is 0 Å². The second-order valence-electron chi connectivity index (χ2n) is 5.55. The van der Waals surface area contributed by atoms with E-state index in [2.05, 4.69) is 5.10 Å². The Balaban J connectivity index is 1.69. The minimum Gasteiger partial charge on any atom is -0.490 e. The van der Waals surface area contributed by atoms with Crippen molar-refractivity contribution in [3.63, 3.8) is 0 Å². The molecule has 5 rings (SSSR count). The fraction of sp³-hybridized carbons (Fsp3) is 0.167. The number of ether oxygens (including phenoxy) is 2. The van der Waals surface area contributed by atoms with Crippen molar-refractivity contribution in [1.29, 1.82) is 0 Å². The average molecular weight is 306 g/mol. The van der Waals surface area contributed by atoms with Crippen molar-refractivity contribution >= 4 is 22.1 Å². The van der Waals surface area contributed by atoms with Gasteiger partial charge in [0.25, 0.3) is 0 Å². The molecule has 0 N–H and O–H groups in total. The molecule has 1 aliphatic rings. The second-order valence-corrected chi connectivity index (χ2v) is 5.55. The summed E-state index contributed by atoms with van der Waals surface area (Å²) in [6, 6.07) is 13.8. The lowest BCUT2D eigenvalue weighted by Crippen LogP contribution is -1.98. The van der Waals surface area contributed by atoms with Gasteiger partial charge in [0.15, 0.2) is 11.5 Å². The molecule has 0 amide bonds. The van der Waals surface area contributed by atoms with Crippen molar-refractivity contribution in [2.45, 2.75) is 6.42 Å². The molecule has 5 nitrogen and oxygen atoms in total. The van der Waals surface area contributed by atoms with Crippen LogP contribution in [0.1, 0.15) is 6.42 Å². The Labute approximate surface area is 132 Å². The number of nitrogens with zero attached hydrogens (tertiary/aromatic N) is 2. The van der Waals surface area contributed by atoms with Gasteiger partial charge in [-0.1, -0.05) is 18.2 Å². The Morgan fingerprint density at radius 1 is 0.913 bits per heavy atom. The zero-order chi connectivity index (χ0) is 15.2. The third kappa shape index (κ3) is 1.90. The van der Waals surface area contributed by atoms with Crippen LogP contribution < -0.4 is 9.47 Å². The van der Waals surface area contributed by atoms with E-state index in [1.807, 2.05) is 48.7 Å². The van der Waals surface area contributed by atoms with Gasteiger partial charge in [0.2, 0.25) is 5.71 Å². The van der Waals surface area contributed by atoms with E-state index >= 15 is 0 Å². The summed E-state index contributed by atoms with van der Waals surface area (Å²) in [7, 11) is 0. The average Bonchev–Trinajstić information content (AvgIpc) is 3.05. The molecule has 2 aromatic heterocycles. The Bertz CT molecular complexity index is 1020. The number of hydrogen-bond acceptors (Lipinski definition) is 4. The first-order valence-electron chi connectivity index (χ1n) is 7.65. The minimum atomic E-state index is 0.662. The van der Waals surface area contributed by atoms with Gasteiger partial charge in [-0.15, -0.1) is 0 Å². The number of rotatable bonds is 1. The fourth-order valence-electron chi connectivity index (χ4n) is 2.97. The zero-order valence-electron chi connectivity index (χ0n) is 12.4. The van der Waals surface area contributed by atoms with Crippen molar-refractivity contribution in [1.82, 2.24) is 9.78 Å². The van der Waals surface area contributed by atoms with Crippen LogP contribution in [0.15, 0.2) is 53.1 Å². The van der Waals surface area contributed by atoms with Crippen LogP contribution in [0.5, 0.6) is 11.5 Å². The second kappa shape index (κ2) is 4.78. The van der Waals surface area contributed by atoms with Crippen LogP contribution in [0.25, 0.3) is 27.8 Å². The molecule has 0 aliphatic carbocycles. The molecule has 0 atom stereocenters. The van der Waals surface area contributed by atoms with Crippen molar-refractivity contribution in [2.75, 3.05) is 13.2 Å². The molecule has 23 heavy (non-hydrogen) atoms. The van der Waals surface area contributed by atoms with Gasteiger partial charge in [-0.2, -0.15) is 5.10 Å². The Kier molecular flexibility index (Phi) is 2.61. The predicted molar refractivity (Wildman–Crippen MR) is 86.4 cm³/mol. The number of para-hydroxylation sites is 1. The van der Waals surface area contributed by atoms with Crippen LogP contribution in [-0.4, -0.2) is 23.0 Å². The van der Waals surface area contributed by atoms with E-state index in [0.717, 1.165) is 45.7 Å². The highest BCUT2D eigenvalue weighted by Gasteiger charge is 2.16. The lowest BCUT2D eigenvalue weighted by molar-refractivity contribution is 0.297. The van der Waals surface area contributed by atoms with Crippen LogP contribution >= 0.6 is 0 Å². The van der Waals surface area contributed by atoms with Crippen molar-refractivity contribution < 1.29 is 13.9 Å². The van der Waals surface area contributed by atoms with E-state index in [4.69, 9.17) is 13.9 Å². The molecule has 3 heterocycles. The standard InChI is InChI=1S/C18H14N2O3/c1-2-5-15-13(4-1)14-11-19-20(18(14)23-15)12-6-7-16-17(10-12)22-9-3-8-21-16/h1-2,4-7,10-11H,3,8-9H2. The summed E-state index contributed by atoms with van der Waals surface area (Å²) in [6.45, 7) is 1.34. The first kappa shape index (κ1) is 12.6. The van der Waals surface area contributed by atoms with Gasteiger partial charge in [-0.3, -0.25) is 0 Å². The van der Waals surface area contributed by atoms with E-state index in [-0.39, 0.29) is 0 Å². The number of hydrogen-bond donors (Lipinski definition) is 0. The van der Waals surface area contributed by atoms with E-state index in [9.17, 15) is 0 Å². The predicted octanol–water partition coefficient (Wildman–Crippen LogP) is 3.93. The molecule has 0 saturated heterocycles. The SMILES string of the molecule is c1ccc2c(c1)oc1c2cnn1-c1ccc2c(c1)OCCCO2. The van der Waals surface area contributed by atoms with Gasteiger partial charge < -0.3 is 13.9 Å².